The number of benzene rings is 1. The Balaban J connectivity index is 2.27. The van der Waals surface area contributed by atoms with E-state index < -0.39 is 10.0 Å². The molecule has 0 fully saturated rings. The number of sulfonamides is 1. The van der Waals surface area contributed by atoms with Crippen LogP contribution in [-0.2, 0) is 23.1 Å². The fraction of sp³-hybridized carbons (Fsp3) is 0.167. The standard InChI is InChI=1S/C12H11BrCl2N2O2S2/c13-12-2-1-8(20-12)6-17-21(18,19)11-3-7(5-16)9(14)4-10(11)15/h1-4,17H,5-6,16H2. The second kappa shape index (κ2) is 6.95. The van der Waals surface area contributed by atoms with Gasteiger partial charge in [-0.2, -0.15) is 0 Å². The lowest BCUT2D eigenvalue weighted by atomic mass is 10.2. The van der Waals surface area contributed by atoms with Crippen LogP contribution in [0.5, 0.6) is 0 Å². The Morgan fingerprint density at radius 3 is 2.52 bits per heavy atom. The van der Waals surface area contributed by atoms with Gasteiger partial charge in [0, 0.05) is 23.0 Å². The van der Waals surface area contributed by atoms with Crippen LogP contribution < -0.4 is 10.5 Å². The molecule has 4 nitrogen and oxygen atoms in total. The average Bonchev–Trinajstić information content (AvgIpc) is 2.82. The first-order valence-corrected chi connectivity index (χ1v) is 9.60. The van der Waals surface area contributed by atoms with Crippen molar-refractivity contribution >= 4 is 60.5 Å². The quantitative estimate of drug-likeness (QED) is 0.759. The van der Waals surface area contributed by atoms with E-state index in [0.29, 0.717) is 10.6 Å². The van der Waals surface area contributed by atoms with Gasteiger partial charge in [0.2, 0.25) is 10.0 Å². The summed E-state index contributed by atoms with van der Waals surface area (Å²) in [6, 6.07) is 6.49. The van der Waals surface area contributed by atoms with Crippen LogP contribution in [0.25, 0.3) is 0 Å². The van der Waals surface area contributed by atoms with Crippen LogP contribution >= 0.6 is 50.5 Å². The molecule has 21 heavy (non-hydrogen) atoms. The smallest absolute Gasteiger partial charge is 0.242 e. The molecule has 0 saturated heterocycles. The van der Waals surface area contributed by atoms with Gasteiger partial charge >= 0.3 is 0 Å². The Labute approximate surface area is 145 Å². The van der Waals surface area contributed by atoms with Crippen molar-refractivity contribution in [2.24, 2.45) is 5.73 Å². The van der Waals surface area contributed by atoms with Crippen LogP contribution in [0, 0.1) is 0 Å². The minimum Gasteiger partial charge on any atom is -0.326 e. The molecule has 1 heterocycles. The Morgan fingerprint density at radius 1 is 1.24 bits per heavy atom. The molecule has 3 N–H and O–H groups in total. The van der Waals surface area contributed by atoms with Crippen molar-refractivity contribution < 1.29 is 8.42 Å². The minimum atomic E-state index is -3.73. The lowest BCUT2D eigenvalue weighted by molar-refractivity contribution is 0.581. The second-order valence-electron chi connectivity index (χ2n) is 4.11. The van der Waals surface area contributed by atoms with Gasteiger partial charge in [0.15, 0.2) is 0 Å². The van der Waals surface area contributed by atoms with E-state index in [4.69, 9.17) is 28.9 Å². The van der Waals surface area contributed by atoms with Gasteiger partial charge in [-0.1, -0.05) is 23.2 Å². The third-order valence-corrected chi connectivity index (χ3v) is 6.52. The summed E-state index contributed by atoms with van der Waals surface area (Å²) < 4.78 is 28.1. The molecule has 0 aliphatic heterocycles. The van der Waals surface area contributed by atoms with E-state index in [-0.39, 0.29) is 23.0 Å². The molecule has 0 saturated carbocycles. The molecule has 0 aliphatic carbocycles. The molecule has 0 spiro atoms. The van der Waals surface area contributed by atoms with Crippen LogP contribution in [-0.4, -0.2) is 8.42 Å². The average molecular weight is 430 g/mol. The number of nitrogens with two attached hydrogens (primary N) is 1. The molecule has 114 valence electrons. The van der Waals surface area contributed by atoms with Crippen LogP contribution in [0.15, 0.2) is 32.9 Å². The molecular weight excluding hydrogens is 419 g/mol. The Morgan fingerprint density at radius 2 is 1.95 bits per heavy atom. The van der Waals surface area contributed by atoms with Gasteiger partial charge in [-0.15, -0.1) is 11.3 Å². The van der Waals surface area contributed by atoms with Crippen LogP contribution in [0.4, 0.5) is 0 Å². The maximum atomic E-state index is 12.3. The highest BCUT2D eigenvalue weighted by Gasteiger charge is 2.20. The summed E-state index contributed by atoms with van der Waals surface area (Å²) in [5, 5.41) is 0.417. The first-order chi connectivity index (χ1) is 9.83. The lowest BCUT2D eigenvalue weighted by Crippen LogP contribution is -2.23. The number of halogens is 3. The van der Waals surface area contributed by atoms with E-state index >= 15 is 0 Å². The van der Waals surface area contributed by atoms with Crippen molar-refractivity contribution in [2.75, 3.05) is 0 Å². The van der Waals surface area contributed by atoms with Crippen molar-refractivity contribution in [3.63, 3.8) is 0 Å². The molecule has 9 heteroatoms. The van der Waals surface area contributed by atoms with Gasteiger partial charge in [-0.05, 0) is 45.8 Å². The van der Waals surface area contributed by atoms with E-state index in [0.717, 1.165) is 8.66 Å². The number of rotatable bonds is 5. The SMILES string of the molecule is NCc1cc(S(=O)(=O)NCc2ccc(Br)s2)c(Cl)cc1Cl. The number of thiophene rings is 1. The van der Waals surface area contributed by atoms with E-state index in [2.05, 4.69) is 20.7 Å². The molecule has 0 radical (unpaired) electrons. The summed E-state index contributed by atoms with van der Waals surface area (Å²) in [6.45, 7) is 0.325. The predicted octanol–water partition coefficient (Wildman–Crippen LogP) is 3.75. The normalized spacial score (nSPS) is 11.8. The van der Waals surface area contributed by atoms with Crippen molar-refractivity contribution in [1.82, 2.24) is 4.72 Å². The van der Waals surface area contributed by atoms with Gasteiger partial charge in [0.25, 0.3) is 0 Å². The van der Waals surface area contributed by atoms with Crippen molar-refractivity contribution in [3.8, 4) is 0 Å². The molecule has 0 amide bonds. The maximum Gasteiger partial charge on any atom is 0.242 e. The number of nitrogens with one attached hydrogen (secondary N) is 1. The van der Waals surface area contributed by atoms with Gasteiger partial charge in [-0.3, -0.25) is 0 Å². The van der Waals surface area contributed by atoms with Gasteiger partial charge in [0.1, 0.15) is 4.90 Å². The monoisotopic (exact) mass is 428 g/mol. The first kappa shape index (κ1) is 17.2. The minimum absolute atomic E-state index is 0.0235. The summed E-state index contributed by atoms with van der Waals surface area (Å²) in [6.07, 6.45) is 0. The summed E-state index contributed by atoms with van der Waals surface area (Å²) in [4.78, 5) is 0.860. The first-order valence-electron chi connectivity index (χ1n) is 5.75. The molecule has 0 atom stereocenters. The molecular formula is C12H11BrCl2N2O2S2. The molecule has 2 aromatic rings. The number of hydrogen-bond donors (Lipinski definition) is 2. The van der Waals surface area contributed by atoms with Crippen LogP contribution in [0.1, 0.15) is 10.4 Å². The predicted molar refractivity (Wildman–Crippen MR) is 90.4 cm³/mol. The summed E-state index contributed by atoms with van der Waals surface area (Å²) in [7, 11) is -3.73. The molecule has 0 aliphatic rings. The van der Waals surface area contributed by atoms with Gasteiger partial charge in [-0.25, -0.2) is 13.1 Å². The van der Waals surface area contributed by atoms with Crippen molar-refractivity contribution in [1.29, 1.82) is 0 Å². The molecule has 0 unspecified atom stereocenters. The zero-order chi connectivity index (χ0) is 15.6. The topological polar surface area (TPSA) is 72.2 Å². The Kier molecular flexibility index (Phi) is 5.70. The van der Waals surface area contributed by atoms with Crippen LogP contribution in [0.3, 0.4) is 0 Å². The van der Waals surface area contributed by atoms with E-state index in [1.54, 1.807) is 0 Å². The highest BCUT2D eigenvalue weighted by Crippen LogP contribution is 2.29. The maximum absolute atomic E-state index is 12.3. The highest BCUT2D eigenvalue weighted by atomic mass is 79.9. The summed E-state index contributed by atoms with van der Waals surface area (Å²) in [5.41, 5.74) is 6.06. The zero-order valence-corrected chi connectivity index (χ0v) is 15.3. The van der Waals surface area contributed by atoms with E-state index in [1.807, 2.05) is 12.1 Å². The van der Waals surface area contributed by atoms with Crippen molar-refractivity contribution in [2.45, 2.75) is 18.0 Å². The molecule has 1 aromatic carbocycles. The van der Waals surface area contributed by atoms with Crippen molar-refractivity contribution in [3.05, 3.63) is 48.5 Å². The lowest BCUT2D eigenvalue weighted by Gasteiger charge is -2.10. The molecule has 0 bridgehead atoms. The summed E-state index contributed by atoms with van der Waals surface area (Å²) >= 11 is 16.7. The molecule has 2 rings (SSSR count). The third kappa shape index (κ3) is 4.19. The zero-order valence-electron chi connectivity index (χ0n) is 10.6. The van der Waals surface area contributed by atoms with Gasteiger partial charge in [0.05, 0.1) is 8.81 Å². The van der Waals surface area contributed by atoms with E-state index in [9.17, 15) is 8.42 Å². The second-order valence-corrected chi connectivity index (χ2v) is 9.21. The van der Waals surface area contributed by atoms with E-state index in [1.165, 1.54) is 23.5 Å². The fourth-order valence-electron chi connectivity index (χ4n) is 1.62. The van der Waals surface area contributed by atoms with Crippen LogP contribution in [0.2, 0.25) is 10.0 Å². The Hall–Kier alpha value is -0.150. The highest BCUT2D eigenvalue weighted by molar-refractivity contribution is 9.11. The summed E-state index contributed by atoms with van der Waals surface area (Å²) in [5.74, 6) is 0. The number of hydrogen-bond acceptors (Lipinski definition) is 4. The largest absolute Gasteiger partial charge is 0.326 e. The Bertz CT molecular complexity index is 763. The molecule has 1 aromatic heterocycles. The fourth-order valence-corrected chi connectivity index (χ4v) is 5.02. The third-order valence-electron chi connectivity index (χ3n) is 2.68. The van der Waals surface area contributed by atoms with Gasteiger partial charge < -0.3 is 5.73 Å².